The second-order valence-electron chi connectivity index (χ2n) is 6.93. The van der Waals surface area contributed by atoms with Crippen molar-refractivity contribution >= 4 is 33.2 Å². The lowest BCUT2D eigenvalue weighted by atomic mass is 9.99. The molecule has 2 aromatic carbocycles. The van der Waals surface area contributed by atoms with Crippen LogP contribution in [0.2, 0.25) is 5.02 Å². The van der Waals surface area contributed by atoms with Gasteiger partial charge < -0.3 is 9.32 Å². The van der Waals surface area contributed by atoms with Crippen LogP contribution in [0.5, 0.6) is 0 Å². The van der Waals surface area contributed by atoms with Crippen LogP contribution in [0.15, 0.2) is 65.3 Å². The van der Waals surface area contributed by atoms with E-state index in [1.807, 2.05) is 6.07 Å². The van der Waals surface area contributed by atoms with E-state index in [4.69, 9.17) is 16.0 Å². The Morgan fingerprint density at radius 3 is 2.72 bits per heavy atom. The third kappa shape index (κ3) is 4.63. The Balaban J connectivity index is 1.49. The Labute approximate surface area is 174 Å². The van der Waals surface area contributed by atoms with Gasteiger partial charge in [0.2, 0.25) is 10.0 Å². The molecule has 6 nitrogen and oxygen atoms in total. The standard InChI is InChI=1S/C21H19ClN2O4S/c22-18-4-1-3-15(11-18)14-29(26,27)23-19-7-6-16-8-9-24(13-17(16)12-19)21(25)20-5-2-10-28-20/h1-7,10-12,23H,8-9,13-14H2. The number of carbonyl (C=O) groups is 1. The second kappa shape index (κ2) is 7.93. The smallest absolute Gasteiger partial charge is 0.289 e. The van der Waals surface area contributed by atoms with Gasteiger partial charge in [0, 0.05) is 23.8 Å². The average Bonchev–Trinajstić information content (AvgIpc) is 3.21. The van der Waals surface area contributed by atoms with E-state index in [2.05, 4.69) is 4.72 Å². The number of anilines is 1. The molecule has 0 radical (unpaired) electrons. The maximum absolute atomic E-state index is 12.5. The van der Waals surface area contributed by atoms with Gasteiger partial charge in [0.25, 0.3) is 5.91 Å². The third-order valence-electron chi connectivity index (χ3n) is 4.76. The van der Waals surface area contributed by atoms with Crippen LogP contribution < -0.4 is 4.72 Å². The van der Waals surface area contributed by atoms with Gasteiger partial charge in [-0.3, -0.25) is 9.52 Å². The summed E-state index contributed by atoms with van der Waals surface area (Å²) in [6, 6.07) is 15.5. The lowest BCUT2D eigenvalue weighted by molar-refractivity contribution is 0.0702. The van der Waals surface area contributed by atoms with E-state index in [1.165, 1.54) is 6.26 Å². The highest BCUT2D eigenvalue weighted by atomic mass is 35.5. The quantitative estimate of drug-likeness (QED) is 0.661. The molecule has 150 valence electrons. The van der Waals surface area contributed by atoms with Crippen LogP contribution in [0.4, 0.5) is 5.69 Å². The van der Waals surface area contributed by atoms with Crippen LogP contribution >= 0.6 is 11.6 Å². The maximum Gasteiger partial charge on any atom is 0.289 e. The zero-order valence-electron chi connectivity index (χ0n) is 15.5. The summed E-state index contributed by atoms with van der Waals surface area (Å²) >= 11 is 5.94. The summed E-state index contributed by atoms with van der Waals surface area (Å²) in [5, 5.41) is 0.493. The zero-order valence-corrected chi connectivity index (χ0v) is 17.0. The van der Waals surface area contributed by atoms with E-state index in [-0.39, 0.29) is 11.7 Å². The fraction of sp³-hybridized carbons (Fsp3) is 0.190. The van der Waals surface area contributed by atoms with Gasteiger partial charge >= 0.3 is 0 Å². The van der Waals surface area contributed by atoms with Gasteiger partial charge in [0.05, 0.1) is 12.0 Å². The van der Waals surface area contributed by atoms with E-state index in [1.54, 1.807) is 53.4 Å². The molecule has 0 saturated heterocycles. The molecule has 0 unspecified atom stereocenters. The van der Waals surface area contributed by atoms with Crippen LogP contribution in [0.25, 0.3) is 0 Å². The van der Waals surface area contributed by atoms with Crippen molar-refractivity contribution in [3.8, 4) is 0 Å². The van der Waals surface area contributed by atoms with Gasteiger partial charge in [0.1, 0.15) is 0 Å². The molecule has 0 bridgehead atoms. The SMILES string of the molecule is O=C(c1ccco1)N1CCc2ccc(NS(=O)(=O)Cc3cccc(Cl)c3)cc2C1. The first-order chi connectivity index (χ1) is 13.9. The van der Waals surface area contributed by atoms with E-state index in [0.717, 1.165) is 11.1 Å². The Bertz CT molecular complexity index is 1140. The second-order valence-corrected chi connectivity index (χ2v) is 9.09. The number of benzene rings is 2. The minimum absolute atomic E-state index is 0.173. The topological polar surface area (TPSA) is 79.6 Å². The van der Waals surface area contributed by atoms with Crippen molar-refractivity contribution in [2.75, 3.05) is 11.3 Å². The molecule has 1 N–H and O–H groups in total. The number of sulfonamides is 1. The van der Waals surface area contributed by atoms with Gasteiger partial charge in [-0.15, -0.1) is 0 Å². The van der Waals surface area contributed by atoms with Crippen molar-refractivity contribution in [3.63, 3.8) is 0 Å². The summed E-state index contributed by atoms with van der Waals surface area (Å²) < 4.78 is 32.9. The lowest BCUT2D eigenvalue weighted by Gasteiger charge is -2.28. The zero-order chi connectivity index (χ0) is 20.4. The molecule has 8 heteroatoms. The van der Waals surface area contributed by atoms with Gasteiger partial charge in [-0.25, -0.2) is 8.42 Å². The number of rotatable bonds is 5. The Morgan fingerprint density at radius 1 is 1.10 bits per heavy atom. The van der Waals surface area contributed by atoms with Crippen molar-refractivity contribution in [2.45, 2.75) is 18.7 Å². The summed E-state index contributed by atoms with van der Waals surface area (Å²) in [6.07, 6.45) is 2.18. The minimum Gasteiger partial charge on any atom is -0.459 e. The fourth-order valence-corrected chi connectivity index (χ4v) is 4.80. The molecule has 0 fully saturated rings. The summed E-state index contributed by atoms with van der Waals surface area (Å²) in [4.78, 5) is 14.2. The van der Waals surface area contributed by atoms with E-state index in [0.29, 0.717) is 41.5 Å². The van der Waals surface area contributed by atoms with Gasteiger partial charge in [-0.1, -0.05) is 29.8 Å². The monoisotopic (exact) mass is 430 g/mol. The van der Waals surface area contributed by atoms with Gasteiger partial charge in [0.15, 0.2) is 5.76 Å². The largest absolute Gasteiger partial charge is 0.459 e. The van der Waals surface area contributed by atoms with Crippen molar-refractivity contribution in [1.82, 2.24) is 4.90 Å². The number of hydrogen-bond acceptors (Lipinski definition) is 4. The van der Waals surface area contributed by atoms with Crippen LogP contribution in [-0.4, -0.2) is 25.8 Å². The van der Waals surface area contributed by atoms with E-state index >= 15 is 0 Å². The predicted octanol–water partition coefficient (Wildman–Crippen LogP) is 4.07. The Morgan fingerprint density at radius 2 is 1.97 bits per heavy atom. The van der Waals surface area contributed by atoms with Crippen molar-refractivity contribution in [1.29, 1.82) is 0 Å². The first-order valence-corrected chi connectivity index (χ1v) is 11.1. The maximum atomic E-state index is 12.5. The molecule has 0 saturated carbocycles. The average molecular weight is 431 g/mol. The van der Waals surface area contributed by atoms with Crippen LogP contribution in [-0.2, 0) is 28.7 Å². The van der Waals surface area contributed by atoms with Crippen LogP contribution in [0, 0.1) is 0 Å². The molecule has 2 heterocycles. The molecule has 1 aliphatic rings. The molecule has 1 aromatic heterocycles. The molecule has 0 atom stereocenters. The number of carbonyl (C=O) groups excluding carboxylic acids is 1. The van der Waals surface area contributed by atoms with Gasteiger partial charge in [-0.2, -0.15) is 0 Å². The highest BCUT2D eigenvalue weighted by Crippen LogP contribution is 2.25. The molecular weight excluding hydrogens is 412 g/mol. The van der Waals surface area contributed by atoms with Crippen molar-refractivity contribution in [2.24, 2.45) is 0 Å². The first kappa shape index (κ1) is 19.5. The van der Waals surface area contributed by atoms with E-state index in [9.17, 15) is 13.2 Å². The van der Waals surface area contributed by atoms with Crippen LogP contribution in [0.3, 0.4) is 0 Å². The molecule has 4 rings (SSSR count). The molecule has 29 heavy (non-hydrogen) atoms. The van der Waals surface area contributed by atoms with Gasteiger partial charge in [-0.05, 0) is 59.5 Å². The number of nitrogens with one attached hydrogen (secondary N) is 1. The number of nitrogens with zero attached hydrogens (tertiary/aromatic N) is 1. The minimum atomic E-state index is -3.60. The predicted molar refractivity (Wildman–Crippen MR) is 111 cm³/mol. The number of fused-ring (bicyclic) bond motifs is 1. The highest BCUT2D eigenvalue weighted by molar-refractivity contribution is 7.91. The number of halogens is 1. The number of amides is 1. The fourth-order valence-electron chi connectivity index (χ4n) is 3.41. The van der Waals surface area contributed by atoms with Crippen molar-refractivity contribution in [3.05, 3.63) is 88.3 Å². The van der Waals surface area contributed by atoms with Crippen LogP contribution in [0.1, 0.15) is 27.2 Å². The molecule has 3 aromatic rings. The number of furan rings is 1. The Hall–Kier alpha value is -2.77. The summed E-state index contributed by atoms with van der Waals surface area (Å²) in [5.74, 6) is -0.0484. The highest BCUT2D eigenvalue weighted by Gasteiger charge is 2.24. The molecule has 1 amide bonds. The molecule has 1 aliphatic heterocycles. The Kier molecular flexibility index (Phi) is 5.34. The molecule has 0 aliphatic carbocycles. The molecular formula is C21H19ClN2O4S. The summed E-state index contributed by atoms with van der Waals surface area (Å²) in [5.41, 5.74) is 3.10. The first-order valence-electron chi connectivity index (χ1n) is 9.09. The third-order valence-corrected chi connectivity index (χ3v) is 6.25. The normalized spacial score (nSPS) is 13.8. The summed E-state index contributed by atoms with van der Waals surface area (Å²) in [6.45, 7) is 0.991. The lowest BCUT2D eigenvalue weighted by Crippen LogP contribution is -2.35. The van der Waals surface area contributed by atoms with Crippen molar-refractivity contribution < 1.29 is 17.6 Å². The number of hydrogen-bond donors (Lipinski definition) is 1. The van der Waals surface area contributed by atoms with E-state index < -0.39 is 10.0 Å². The molecule has 0 spiro atoms. The summed E-state index contributed by atoms with van der Waals surface area (Å²) in [7, 11) is -3.60.